The summed E-state index contributed by atoms with van der Waals surface area (Å²) in [6, 6.07) is 0. The Morgan fingerprint density at radius 3 is 1.16 bits per heavy atom. The van der Waals surface area contributed by atoms with Crippen LogP contribution in [0.3, 0.4) is 0 Å². The molecule has 61 heavy (non-hydrogen) atoms. The number of carbonyl (C=O) groups excluding carboxylic acids is 1. The van der Waals surface area contributed by atoms with E-state index in [1.807, 2.05) is 0 Å². The van der Waals surface area contributed by atoms with Crippen molar-refractivity contribution >= 4 is 5.97 Å². The molecule has 1 fully saturated rings. The van der Waals surface area contributed by atoms with Crippen LogP contribution in [0.2, 0.25) is 0 Å². The van der Waals surface area contributed by atoms with Crippen molar-refractivity contribution in [2.45, 2.75) is 301 Å². The molecule has 1 aliphatic rings. The third-order valence-electron chi connectivity index (χ3n) is 12.8. The molecule has 1 aliphatic heterocycles. The molecule has 0 spiro atoms. The van der Waals surface area contributed by atoms with Crippen LogP contribution in [0.4, 0.5) is 0 Å². The van der Waals surface area contributed by atoms with Gasteiger partial charge in [0.05, 0.1) is 19.8 Å². The highest BCUT2D eigenvalue weighted by Gasteiger charge is 2.44. The van der Waals surface area contributed by atoms with Gasteiger partial charge in [-0.2, -0.15) is 0 Å². The van der Waals surface area contributed by atoms with Crippen LogP contribution in [-0.4, -0.2) is 89.6 Å². The maximum atomic E-state index is 12.8. The molecule has 0 aromatic heterocycles. The van der Waals surface area contributed by atoms with Gasteiger partial charge < -0.3 is 39.4 Å². The van der Waals surface area contributed by atoms with Gasteiger partial charge in [0.15, 0.2) is 6.29 Å². The van der Waals surface area contributed by atoms with E-state index in [-0.39, 0.29) is 19.2 Å². The normalized spacial score (nSPS) is 19.7. The lowest BCUT2D eigenvalue weighted by Crippen LogP contribution is -2.59. The predicted octanol–water partition coefficient (Wildman–Crippen LogP) is 13.0. The Bertz CT molecular complexity index is 904. The molecule has 1 saturated heterocycles. The van der Waals surface area contributed by atoms with E-state index in [0.717, 1.165) is 32.1 Å². The fourth-order valence-electron chi connectivity index (χ4n) is 8.61. The van der Waals surface area contributed by atoms with Crippen molar-refractivity contribution in [2.75, 3.05) is 26.4 Å². The van der Waals surface area contributed by atoms with Gasteiger partial charge >= 0.3 is 5.97 Å². The first kappa shape index (κ1) is 58.2. The molecule has 9 heteroatoms. The van der Waals surface area contributed by atoms with Gasteiger partial charge in [0, 0.05) is 13.0 Å². The maximum Gasteiger partial charge on any atom is 0.306 e. The quantitative estimate of drug-likeness (QED) is 0.0348. The molecule has 0 aliphatic carbocycles. The summed E-state index contributed by atoms with van der Waals surface area (Å²) in [6.45, 7) is 4.64. The Labute approximate surface area is 376 Å². The van der Waals surface area contributed by atoms with E-state index in [9.17, 15) is 25.2 Å². The highest BCUT2D eigenvalue weighted by molar-refractivity contribution is 5.69. The Kier molecular flexibility index (Phi) is 42.4. The topological polar surface area (TPSA) is 135 Å². The Hall–Kier alpha value is -0.810. The Morgan fingerprint density at radius 2 is 0.803 bits per heavy atom. The molecule has 9 nitrogen and oxygen atoms in total. The van der Waals surface area contributed by atoms with Crippen LogP contribution in [-0.2, 0) is 23.7 Å². The summed E-state index contributed by atoms with van der Waals surface area (Å²) in [5, 5.41) is 40.3. The zero-order valence-corrected chi connectivity index (χ0v) is 40.2. The number of hydrogen-bond donors (Lipinski definition) is 4. The maximum absolute atomic E-state index is 12.8. The van der Waals surface area contributed by atoms with Gasteiger partial charge in [-0.25, -0.2) is 0 Å². The zero-order valence-electron chi connectivity index (χ0n) is 40.2. The van der Waals surface area contributed by atoms with Gasteiger partial charge in [0.25, 0.3) is 0 Å². The molecule has 0 saturated carbocycles. The van der Waals surface area contributed by atoms with E-state index < -0.39 is 43.4 Å². The molecule has 364 valence electrons. The van der Waals surface area contributed by atoms with Gasteiger partial charge in [-0.3, -0.25) is 4.79 Å². The first-order chi connectivity index (χ1) is 29.9. The molecule has 1 heterocycles. The van der Waals surface area contributed by atoms with Crippen molar-refractivity contribution in [3.8, 4) is 0 Å². The lowest BCUT2D eigenvalue weighted by Gasteiger charge is -2.39. The van der Waals surface area contributed by atoms with Gasteiger partial charge in [-0.15, -0.1) is 0 Å². The largest absolute Gasteiger partial charge is 0.457 e. The fourth-order valence-corrected chi connectivity index (χ4v) is 8.61. The fraction of sp³-hybridized carbons (Fsp3) is 0.981. The van der Waals surface area contributed by atoms with Gasteiger partial charge in [0.1, 0.15) is 30.5 Å². The zero-order chi connectivity index (χ0) is 44.3. The minimum Gasteiger partial charge on any atom is -0.457 e. The number of ether oxygens (including phenoxy) is 4. The number of rotatable bonds is 47. The number of esters is 1. The van der Waals surface area contributed by atoms with Crippen molar-refractivity contribution in [1.29, 1.82) is 0 Å². The van der Waals surface area contributed by atoms with E-state index in [1.54, 1.807) is 0 Å². The van der Waals surface area contributed by atoms with E-state index >= 15 is 0 Å². The highest BCUT2D eigenvalue weighted by atomic mass is 16.7. The van der Waals surface area contributed by atoms with Crippen molar-refractivity contribution in [2.24, 2.45) is 0 Å². The summed E-state index contributed by atoms with van der Waals surface area (Å²) in [5.74, 6) is -0.304. The van der Waals surface area contributed by atoms with E-state index in [2.05, 4.69) is 13.8 Å². The van der Waals surface area contributed by atoms with Crippen LogP contribution in [0.15, 0.2) is 0 Å². The molecule has 1 rings (SSSR count). The summed E-state index contributed by atoms with van der Waals surface area (Å²) in [4.78, 5) is 12.8. The average Bonchev–Trinajstić information content (AvgIpc) is 3.26. The van der Waals surface area contributed by atoms with Crippen molar-refractivity contribution < 1.29 is 44.2 Å². The van der Waals surface area contributed by atoms with Crippen LogP contribution in [0.5, 0.6) is 0 Å². The van der Waals surface area contributed by atoms with Gasteiger partial charge in [-0.1, -0.05) is 245 Å². The van der Waals surface area contributed by atoms with Crippen LogP contribution >= 0.6 is 0 Å². The average molecular weight is 871 g/mol. The minimum atomic E-state index is -1.53. The number of unbranched alkanes of at least 4 members (excludes halogenated alkanes) is 36. The molecular formula is C52H102O9. The minimum absolute atomic E-state index is 0.104. The highest BCUT2D eigenvalue weighted by Crippen LogP contribution is 2.23. The lowest BCUT2D eigenvalue weighted by atomic mass is 9.99. The summed E-state index contributed by atoms with van der Waals surface area (Å²) < 4.78 is 22.9. The van der Waals surface area contributed by atoms with Crippen molar-refractivity contribution in [1.82, 2.24) is 0 Å². The Balaban J connectivity index is 2.17. The number of aliphatic hydroxyl groups is 4. The number of carbonyl (C=O) groups is 1. The number of aliphatic hydroxyl groups excluding tert-OH is 4. The van der Waals surface area contributed by atoms with Crippen LogP contribution < -0.4 is 0 Å². The van der Waals surface area contributed by atoms with Crippen LogP contribution in [0.1, 0.15) is 264 Å². The predicted molar refractivity (Wildman–Crippen MR) is 252 cm³/mol. The molecule has 6 unspecified atom stereocenters. The molecule has 4 N–H and O–H groups in total. The first-order valence-electron chi connectivity index (χ1n) is 26.6. The second kappa shape index (κ2) is 44.4. The lowest BCUT2D eigenvalue weighted by molar-refractivity contribution is -0.305. The third-order valence-corrected chi connectivity index (χ3v) is 12.8. The summed E-state index contributed by atoms with van der Waals surface area (Å²) >= 11 is 0. The molecule has 0 radical (unpaired) electrons. The molecule has 0 aromatic rings. The second-order valence-electron chi connectivity index (χ2n) is 18.7. The van der Waals surface area contributed by atoms with Crippen molar-refractivity contribution in [3.05, 3.63) is 0 Å². The van der Waals surface area contributed by atoms with Gasteiger partial charge in [0.2, 0.25) is 0 Å². The summed E-state index contributed by atoms with van der Waals surface area (Å²) in [6.07, 6.45) is 42.8. The van der Waals surface area contributed by atoms with Crippen LogP contribution in [0, 0.1) is 0 Å². The molecule has 0 amide bonds. The third kappa shape index (κ3) is 35.2. The second-order valence-corrected chi connectivity index (χ2v) is 18.7. The monoisotopic (exact) mass is 871 g/mol. The standard InChI is InChI=1S/C52H102O9/c1-3-5-7-9-11-13-15-17-19-21-23-24-26-28-30-32-34-36-38-40-42-58-44-46(45-59-52-51(57)50(56)49(55)47(43-53)61-52)60-48(54)41-39-37-35-33-31-29-27-25-22-20-18-16-14-12-10-8-6-4-2/h46-47,49-53,55-57H,3-45H2,1-2H3. The molecule has 0 bridgehead atoms. The summed E-state index contributed by atoms with van der Waals surface area (Å²) in [7, 11) is 0. The molecule has 0 aromatic carbocycles. The SMILES string of the molecule is CCCCCCCCCCCCCCCCCCCCCCOCC(COC1OC(CO)C(O)C(O)C1O)OC(=O)CCCCCCCCCCCCCCCCCCCC. The number of hydrogen-bond acceptors (Lipinski definition) is 9. The molecular weight excluding hydrogens is 769 g/mol. The van der Waals surface area contributed by atoms with Crippen molar-refractivity contribution in [3.63, 3.8) is 0 Å². The first-order valence-corrected chi connectivity index (χ1v) is 26.6. The Morgan fingerprint density at radius 1 is 0.459 bits per heavy atom. The van der Waals surface area contributed by atoms with E-state index in [1.165, 1.54) is 212 Å². The smallest absolute Gasteiger partial charge is 0.306 e. The summed E-state index contributed by atoms with van der Waals surface area (Å²) in [5.41, 5.74) is 0. The van der Waals surface area contributed by atoms with E-state index in [0.29, 0.717) is 13.0 Å². The van der Waals surface area contributed by atoms with Crippen LogP contribution in [0.25, 0.3) is 0 Å². The molecule has 6 atom stereocenters. The van der Waals surface area contributed by atoms with E-state index in [4.69, 9.17) is 18.9 Å². The van der Waals surface area contributed by atoms with Gasteiger partial charge in [-0.05, 0) is 12.8 Å².